The molecule has 0 aromatic heterocycles. The van der Waals surface area contributed by atoms with Crippen molar-refractivity contribution in [1.82, 2.24) is 15.1 Å². The molecule has 37 heavy (non-hydrogen) atoms. The average molecular weight is 526 g/mol. The molecule has 8 nitrogen and oxygen atoms in total. The molecule has 0 spiro atoms. The number of rotatable bonds is 7. The third kappa shape index (κ3) is 11.6. The molecular formula is C29H55N3O5. The van der Waals surface area contributed by atoms with Crippen LogP contribution in [-0.2, 0) is 14.3 Å². The maximum Gasteiger partial charge on any atom is 0.410 e. The highest BCUT2D eigenvalue weighted by Crippen LogP contribution is 2.37. The quantitative estimate of drug-likeness (QED) is 0.323. The van der Waals surface area contributed by atoms with E-state index in [1.807, 2.05) is 53.5 Å². The fourth-order valence-electron chi connectivity index (χ4n) is 5.31. The monoisotopic (exact) mass is 525 g/mol. The van der Waals surface area contributed by atoms with Gasteiger partial charge in [-0.1, -0.05) is 0 Å². The summed E-state index contributed by atoms with van der Waals surface area (Å²) in [7, 11) is 1.98. The molecular weight excluding hydrogens is 470 g/mol. The number of likely N-dealkylation sites (tertiary alicyclic amines) is 2. The molecule has 0 bridgehead atoms. The Morgan fingerprint density at radius 3 is 1.59 bits per heavy atom. The molecule has 1 N–H and O–H groups in total. The van der Waals surface area contributed by atoms with Crippen molar-refractivity contribution in [2.75, 3.05) is 26.7 Å². The summed E-state index contributed by atoms with van der Waals surface area (Å²) in [6, 6.07) is 0. The Morgan fingerprint density at radius 1 is 0.838 bits per heavy atom. The number of ether oxygens (including phenoxy) is 2. The minimum Gasteiger partial charge on any atom is -0.444 e. The molecule has 8 heteroatoms. The molecule has 2 rings (SSSR count). The SMILES string of the molecule is CC(C)(C)OC(=O)N1CC(CCC=O)CC1(C)C.CNCCCC1CN(C(=O)OC(C)(C)C)C(C)(C)C1. The molecule has 0 saturated carbocycles. The van der Waals surface area contributed by atoms with Gasteiger partial charge in [0.2, 0.25) is 0 Å². The summed E-state index contributed by atoms with van der Waals surface area (Å²) in [5.74, 6) is 0.994. The van der Waals surface area contributed by atoms with Crippen LogP contribution in [0.2, 0.25) is 0 Å². The molecule has 2 unspecified atom stereocenters. The molecule has 2 saturated heterocycles. The minimum atomic E-state index is -0.464. The van der Waals surface area contributed by atoms with Gasteiger partial charge in [0.05, 0.1) is 0 Å². The van der Waals surface area contributed by atoms with Gasteiger partial charge in [-0.25, -0.2) is 9.59 Å². The minimum absolute atomic E-state index is 0.0906. The Morgan fingerprint density at radius 2 is 1.24 bits per heavy atom. The van der Waals surface area contributed by atoms with Crippen LogP contribution in [0.15, 0.2) is 0 Å². The van der Waals surface area contributed by atoms with Gasteiger partial charge in [0.15, 0.2) is 0 Å². The van der Waals surface area contributed by atoms with Crippen molar-refractivity contribution < 1.29 is 23.9 Å². The van der Waals surface area contributed by atoms with E-state index in [1.165, 1.54) is 12.8 Å². The largest absolute Gasteiger partial charge is 0.444 e. The molecule has 216 valence electrons. The summed E-state index contributed by atoms with van der Waals surface area (Å²) in [5.41, 5.74) is -1.16. The van der Waals surface area contributed by atoms with Crippen LogP contribution in [0.3, 0.4) is 0 Å². The molecule has 2 aliphatic rings. The molecule has 0 radical (unpaired) electrons. The predicted octanol–water partition coefficient (Wildman–Crippen LogP) is 6.02. The predicted molar refractivity (Wildman–Crippen MR) is 149 cm³/mol. The van der Waals surface area contributed by atoms with Crippen LogP contribution in [0.4, 0.5) is 9.59 Å². The Labute approximate surface area is 226 Å². The summed E-state index contributed by atoms with van der Waals surface area (Å²) in [6.45, 7) is 22.3. The maximum absolute atomic E-state index is 12.2. The molecule has 2 fully saturated rings. The van der Waals surface area contributed by atoms with Gasteiger partial charge in [0, 0.05) is 30.6 Å². The summed E-state index contributed by atoms with van der Waals surface area (Å²) in [4.78, 5) is 38.5. The molecule has 0 aromatic rings. The van der Waals surface area contributed by atoms with E-state index in [0.29, 0.717) is 24.8 Å². The van der Waals surface area contributed by atoms with Crippen LogP contribution in [0, 0.1) is 11.8 Å². The number of hydrogen-bond acceptors (Lipinski definition) is 6. The molecule has 2 amide bonds. The zero-order valence-corrected chi connectivity index (χ0v) is 25.5. The van der Waals surface area contributed by atoms with Crippen LogP contribution >= 0.6 is 0 Å². The lowest BCUT2D eigenvalue weighted by molar-refractivity contribution is -0.108. The lowest BCUT2D eigenvalue weighted by Gasteiger charge is -2.33. The van der Waals surface area contributed by atoms with Crippen molar-refractivity contribution in [3.63, 3.8) is 0 Å². The van der Waals surface area contributed by atoms with E-state index in [0.717, 1.165) is 38.6 Å². The van der Waals surface area contributed by atoms with E-state index < -0.39 is 11.2 Å². The third-order valence-corrected chi connectivity index (χ3v) is 6.88. The van der Waals surface area contributed by atoms with Gasteiger partial charge in [0.1, 0.15) is 17.5 Å². The van der Waals surface area contributed by atoms with Crippen molar-refractivity contribution in [3.8, 4) is 0 Å². The first kappa shape index (κ1) is 33.2. The zero-order valence-electron chi connectivity index (χ0n) is 25.5. The first-order valence-corrected chi connectivity index (χ1v) is 13.9. The van der Waals surface area contributed by atoms with Crippen LogP contribution < -0.4 is 5.32 Å². The van der Waals surface area contributed by atoms with Crippen molar-refractivity contribution >= 4 is 18.5 Å². The number of carbonyl (C=O) groups excluding carboxylic acids is 3. The first-order chi connectivity index (χ1) is 16.8. The van der Waals surface area contributed by atoms with Crippen LogP contribution in [0.25, 0.3) is 0 Å². The van der Waals surface area contributed by atoms with E-state index >= 15 is 0 Å². The molecule has 0 aliphatic carbocycles. The van der Waals surface area contributed by atoms with E-state index in [-0.39, 0.29) is 23.3 Å². The molecule has 2 heterocycles. The van der Waals surface area contributed by atoms with Gasteiger partial charge >= 0.3 is 12.2 Å². The Bertz CT molecular complexity index is 752. The zero-order chi connectivity index (χ0) is 28.7. The fraction of sp³-hybridized carbons (Fsp3) is 0.897. The van der Waals surface area contributed by atoms with E-state index in [4.69, 9.17) is 9.47 Å². The average Bonchev–Trinajstić information content (AvgIpc) is 3.19. The number of hydrogen-bond donors (Lipinski definition) is 1. The smallest absolute Gasteiger partial charge is 0.410 e. The second-order valence-electron chi connectivity index (χ2n) is 13.9. The number of aldehydes is 1. The van der Waals surface area contributed by atoms with E-state index in [2.05, 4.69) is 33.0 Å². The van der Waals surface area contributed by atoms with Crippen LogP contribution in [0.5, 0.6) is 0 Å². The van der Waals surface area contributed by atoms with Gasteiger partial charge in [-0.05, 0) is 127 Å². The fourth-order valence-corrected chi connectivity index (χ4v) is 5.31. The summed E-state index contributed by atoms with van der Waals surface area (Å²) in [6.07, 6.45) is 6.28. The highest BCUT2D eigenvalue weighted by molar-refractivity contribution is 5.70. The number of nitrogens with one attached hydrogen (secondary N) is 1. The normalized spacial score (nSPS) is 22.8. The van der Waals surface area contributed by atoms with Gasteiger partial charge < -0.3 is 29.4 Å². The second kappa shape index (κ2) is 13.3. The van der Waals surface area contributed by atoms with Crippen LogP contribution in [-0.4, -0.2) is 77.2 Å². The van der Waals surface area contributed by atoms with Crippen LogP contribution in [0.1, 0.15) is 108 Å². The Balaban J connectivity index is 0.000000371. The highest BCUT2D eigenvalue weighted by Gasteiger charge is 2.43. The van der Waals surface area contributed by atoms with Gasteiger partial charge in [-0.2, -0.15) is 0 Å². The standard InChI is InChI=1S/C15H30N2O2.C14H25NO3/c1-14(2,3)19-13(18)17-11-12(8-7-9-16-6)10-15(17,4)5;1-13(2,3)18-12(17)15-10-11(7-6-8-16)9-14(15,4)5/h12,16H,7-11H2,1-6H3;8,11H,6-7,9-10H2,1-5H3. The van der Waals surface area contributed by atoms with Gasteiger partial charge in [-0.3, -0.25) is 0 Å². The molecule has 2 atom stereocenters. The molecule has 0 aromatic carbocycles. The topological polar surface area (TPSA) is 88.2 Å². The number of carbonyl (C=O) groups is 3. The second-order valence-corrected chi connectivity index (χ2v) is 13.9. The highest BCUT2D eigenvalue weighted by atomic mass is 16.6. The van der Waals surface area contributed by atoms with Gasteiger partial charge in [-0.15, -0.1) is 0 Å². The van der Waals surface area contributed by atoms with Gasteiger partial charge in [0.25, 0.3) is 0 Å². The first-order valence-electron chi connectivity index (χ1n) is 13.9. The van der Waals surface area contributed by atoms with Crippen molar-refractivity contribution in [1.29, 1.82) is 0 Å². The van der Waals surface area contributed by atoms with E-state index in [1.54, 1.807) is 4.90 Å². The van der Waals surface area contributed by atoms with Crippen molar-refractivity contribution in [2.24, 2.45) is 11.8 Å². The summed E-state index contributed by atoms with van der Waals surface area (Å²) in [5, 5.41) is 3.17. The Kier molecular flexibility index (Phi) is 11.9. The number of nitrogens with zero attached hydrogens (tertiary/aromatic N) is 2. The summed E-state index contributed by atoms with van der Waals surface area (Å²) < 4.78 is 10.9. The molecule has 2 aliphatic heterocycles. The number of amides is 2. The lowest BCUT2D eigenvalue weighted by atomic mass is 9.93. The van der Waals surface area contributed by atoms with Crippen molar-refractivity contribution in [2.45, 2.75) is 130 Å². The lowest BCUT2D eigenvalue weighted by Crippen LogP contribution is -2.45. The Hall–Kier alpha value is -1.83. The van der Waals surface area contributed by atoms with E-state index in [9.17, 15) is 14.4 Å². The third-order valence-electron chi connectivity index (χ3n) is 6.88. The maximum atomic E-state index is 12.2. The van der Waals surface area contributed by atoms with Crippen molar-refractivity contribution in [3.05, 3.63) is 0 Å². The summed E-state index contributed by atoms with van der Waals surface area (Å²) >= 11 is 0.